The first-order valence-electron chi connectivity index (χ1n) is 8.86. The zero-order valence-electron chi connectivity index (χ0n) is 15.9. The van der Waals surface area contributed by atoms with Crippen molar-refractivity contribution in [2.75, 3.05) is 13.2 Å². The van der Waals surface area contributed by atoms with Crippen molar-refractivity contribution >= 4 is 22.2 Å². The molecule has 0 saturated carbocycles. The molecule has 7 heteroatoms. The summed E-state index contributed by atoms with van der Waals surface area (Å²) in [6.07, 6.45) is 1.33. The minimum Gasteiger partial charge on any atom is -0.491 e. The molecule has 1 aromatic carbocycles. The fraction of sp³-hybridized carbons (Fsp3) is 0.350. The number of fused-ring (bicyclic) bond motifs is 1. The van der Waals surface area contributed by atoms with E-state index >= 15 is 0 Å². The maximum atomic E-state index is 12.5. The molecule has 2 aromatic heterocycles. The molecule has 0 spiro atoms. The zero-order valence-corrected chi connectivity index (χ0v) is 16.7. The van der Waals surface area contributed by atoms with E-state index in [-0.39, 0.29) is 11.1 Å². The van der Waals surface area contributed by atoms with Crippen molar-refractivity contribution in [2.45, 2.75) is 33.6 Å². The van der Waals surface area contributed by atoms with Crippen LogP contribution < -0.4 is 15.6 Å². The van der Waals surface area contributed by atoms with Crippen LogP contribution in [0.25, 0.3) is 4.96 Å². The summed E-state index contributed by atoms with van der Waals surface area (Å²) in [5.74, 6) is 0.739. The summed E-state index contributed by atoms with van der Waals surface area (Å²) in [5, 5.41) is 4.58. The van der Waals surface area contributed by atoms with Gasteiger partial charge in [-0.1, -0.05) is 26.0 Å². The van der Waals surface area contributed by atoms with Gasteiger partial charge >= 0.3 is 0 Å². The molecule has 0 saturated heterocycles. The Hall–Kier alpha value is -2.67. The van der Waals surface area contributed by atoms with Crippen LogP contribution in [0.1, 0.15) is 46.9 Å². The highest BCUT2D eigenvalue weighted by Gasteiger charge is 2.15. The zero-order chi connectivity index (χ0) is 19.6. The van der Waals surface area contributed by atoms with Crippen LogP contribution in [0.15, 0.2) is 34.6 Å². The van der Waals surface area contributed by atoms with Gasteiger partial charge < -0.3 is 10.1 Å². The quantitative estimate of drug-likeness (QED) is 0.661. The Morgan fingerprint density at radius 2 is 2.11 bits per heavy atom. The molecule has 0 aliphatic heterocycles. The highest BCUT2D eigenvalue weighted by molar-refractivity contribution is 7.15. The average molecular weight is 385 g/mol. The highest BCUT2D eigenvalue weighted by atomic mass is 32.1. The number of ether oxygens (including phenoxy) is 1. The first kappa shape index (κ1) is 19.1. The number of amides is 1. The number of hydrogen-bond acceptors (Lipinski definition) is 5. The van der Waals surface area contributed by atoms with Crippen molar-refractivity contribution in [1.82, 2.24) is 14.7 Å². The van der Waals surface area contributed by atoms with Gasteiger partial charge in [-0.15, -0.1) is 11.3 Å². The number of benzene rings is 1. The van der Waals surface area contributed by atoms with E-state index in [1.165, 1.54) is 21.9 Å². The Bertz CT molecular complexity index is 1040. The fourth-order valence-corrected chi connectivity index (χ4v) is 3.67. The number of rotatable bonds is 6. The van der Waals surface area contributed by atoms with E-state index in [2.05, 4.69) is 36.3 Å². The molecule has 6 nitrogen and oxygen atoms in total. The van der Waals surface area contributed by atoms with Gasteiger partial charge in [-0.2, -0.15) is 0 Å². The van der Waals surface area contributed by atoms with Crippen molar-refractivity contribution in [1.29, 1.82) is 0 Å². The largest absolute Gasteiger partial charge is 0.491 e. The predicted molar refractivity (Wildman–Crippen MR) is 107 cm³/mol. The molecule has 0 bridgehead atoms. The first-order valence-corrected chi connectivity index (χ1v) is 9.74. The second-order valence-electron chi connectivity index (χ2n) is 6.77. The molecule has 0 unspecified atom stereocenters. The van der Waals surface area contributed by atoms with Gasteiger partial charge in [-0.25, -0.2) is 4.98 Å². The molecule has 3 aromatic rings. The summed E-state index contributed by atoms with van der Waals surface area (Å²) >= 11 is 1.37. The van der Waals surface area contributed by atoms with E-state index in [1.54, 1.807) is 0 Å². The number of nitrogens with one attached hydrogen (secondary N) is 1. The molecule has 142 valence electrons. The number of aryl methyl sites for hydroxylation is 2. The normalized spacial score (nSPS) is 11.1. The smallest absolute Gasteiger partial charge is 0.271 e. The number of carbonyl (C=O) groups excluding carboxylic acids is 1. The van der Waals surface area contributed by atoms with Crippen molar-refractivity contribution < 1.29 is 9.53 Å². The van der Waals surface area contributed by atoms with E-state index in [0.717, 1.165) is 22.6 Å². The highest BCUT2D eigenvalue weighted by Crippen LogP contribution is 2.27. The number of aromatic nitrogens is 2. The lowest BCUT2D eigenvalue weighted by Gasteiger charge is -2.15. The summed E-state index contributed by atoms with van der Waals surface area (Å²) in [4.78, 5) is 29.6. The van der Waals surface area contributed by atoms with Crippen molar-refractivity contribution in [3.8, 4) is 5.75 Å². The average Bonchev–Trinajstić information content (AvgIpc) is 3.00. The second-order valence-corrected chi connectivity index (χ2v) is 7.61. The summed E-state index contributed by atoms with van der Waals surface area (Å²) in [6, 6.07) is 6.13. The lowest BCUT2D eigenvalue weighted by atomic mass is 10.0. The molecule has 0 aliphatic carbocycles. The molecule has 0 atom stereocenters. The minimum absolute atomic E-state index is 0.0347. The molecular formula is C20H23N3O3S. The molecular weight excluding hydrogens is 362 g/mol. The Balaban J connectivity index is 1.64. The van der Waals surface area contributed by atoms with Gasteiger partial charge in [0.05, 0.1) is 6.54 Å². The van der Waals surface area contributed by atoms with Crippen LogP contribution in [0.5, 0.6) is 5.75 Å². The SMILES string of the molecule is Cc1ccc(C(C)C)c(OCCNC(=O)c2cnc3scc(C)n3c2=O)c1. The number of carbonyl (C=O) groups is 1. The van der Waals surface area contributed by atoms with Gasteiger partial charge in [0.2, 0.25) is 0 Å². The van der Waals surface area contributed by atoms with Crippen LogP contribution in [0.4, 0.5) is 0 Å². The van der Waals surface area contributed by atoms with Crippen molar-refractivity contribution in [3.05, 3.63) is 62.5 Å². The molecule has 1 N–H and O–H groups in total. The van der Waals surface area contributed by atoms with Gasteiger partial charge in [-0.3, -0.25) is 14.0 Å². The number of hydrogen-bond donors (Lipinski definition) is 1. The number of thiazole rings is 1. The Kier molecular flexibility index (Phi) is 5.60. The Morgan fingerprint density at radius 3 is 2.85 bits per heavy atom. The lowest BCUT2D eigenvalue weighted by molar-refractivity contribution is 0.0945. The van der Waals surface area contributed by atoms with Gasteiger partial charge in [0.1, 0.15) is 17.9 Å². The summed E-state index contributed by atoms with van der Waals surface area (Å²) in [6.45, 7) is 8.68. The van der Waals surface area contributed by atoms with Gasteiger partial charge in [0.15, 0.2) is 4.96 Å². The third-order valence-corrected chi connectivity index (χ3v) is 5.26. The van der Waals surface area contributed by atoms with E-state index < -0.39 is 5.91 Å². The van der Waals surface area contributed by atoms with Gasteiger partial charge in [-0.05, 0) is 37.0 Å². The Morgan fingerprint density at radius 1 is 1.33 bits per heavy atom. The monoisotopic (exact) mass is 385 g/mol. The predicted octanol–water partition coefficient (Wildman–Crippen LogP) is 3.31. The molecule has 2 heterocycles. The van der Waals surface area contributed by atoms with Crippen LogP contribution in [0.2, 0.25) is 0 Å². The maximum absolute atomic E-state index is 12.5. The van der Waals surface area contributed by atoms with Crippen LogP contribution >= 0.6 is 11.3 Å². The van der Waals surface area contributed by atoms with Crippen molar-refractivity contribution in [2.24, 2.45) is 0 Å². The van der Waals surface area contributed by atoms with E-state index in [0.29, 0.717) is 24.0 Å². The molecule has 27 heavy (non-hydrogen) atoms. The maximum Gasteiger partial charge on any atom is 0.271 e. The first-order chi connectivity index (χ1) is 12.9. The lowest BCUT2D eigenvalue weighted by Crippen LogP contribution is -2.34. The van der Waals surface area contributed by atoms with Crippen LogP contribution in [-0.2, 0) is 0 Å². The van der Waals surface area contributed by atoms with E-state index in [9.17, 15) is 9.59 Å². The summed E-state index contributed by atoms with van der Waals surface area (Å²) in [7, 11) is 0. The van der Waals surface area contributed by atoms with Crippen LogP contribution in [0, 0.1) is 13.8 Å². The molecule has 3 rings (SSSR count). The molecule has 1 amide bonds. The summed E-state index contributed by atoms with van der Waals surface area (Å²) < 4.78 is 7.32. The van der Waals surface area contributed by atoms with Gasteiger partial charge in [0.25, 0.3) is 11.5 Å². The summed E-state index contributed by atoms with van der Waals surface area (Å²) in [5.41, 5.74) is 2.71. The Labute approximate surface area is 161 Å². The van der Waals surface area contributed by atoms with Gasteiger partial charge in [0, 0.05) is 17.3 Å². The third kappa shape index (κ3) is 4.03. The number of nitrogens with zero attached hydrogens (tertiary/aromatic N) is 2. The second kappa shape index (κ2) is 7.92. The van der Waals surface area contributed by atoms with Crippen LogP contribution in [-0.4, -0.2) is 28.4 Å². The van der Waals surface area contributed by atoms with Crippen LogP contribution in [0.3, 0.4) is 0 Å². The minimum atomic E-state index is -0.440. The van der Waals surface area contributed by atoms with E-state index in [4.69, 9.17) is 4.74 Å². The molecule has 0 fully saturated rings. The fourth-order valence-electron chi connectivity index (χ4n) is 2.84. The third-order valence-electron chi connectivity index (χ3n) is 4.30. The molecule has 0 aliphatic rings. The van der Waals surface area contributed by atoms with Crippen molar-refractivity contribution in [3.63, 3.8) is 0 Å². The standard InChI is InChI=1S/C20H23N3O3S/c1-12(2)15-6-5-13(3)9-17(15)26-8-7-21-18(24)16-10-22-20-23(19(16)25)14(4)11-27-20/h5-6,9-12H,7-8H2,1-4H3,(H,21,24). The topological polar surface area (TPSA) is 72.7 Å². The van der Waals surface area contributed by atoms with E-state index in [1.807, 2.05) is 25.3 Å². The molecule has 0 radical (unpaired) electrons.